The van der Waals surface area contributed by atoms with E-state index in [1.54, 1.807) is 0 Å². The summed E-state index contributed by atoms with van der Waals surface area (Å²) in [4.78, 5) is 4.99. The first-order valence-electron chi connectivity index (χ1n) is 27.7. The van der Waals surface area contributed by atoms with Crippen molar-refractivity contribution in [2.75, 3.05) is 9.80 Å². The lowest BCUT2D eigenvalue weighted by atomic mass is 9.30. The summed E-state index contributed by atoms with van der Waals surface area (Å²) in [7, 11) is 0. The average molecular weight is 1020 g/mol. The summed E-state index contributed by atoms with van der Waals surface area (Å²) in [6, 6.07) is 96.8. The Morgan fingerprint density at radius 2 is 0.688 bits per heavy atom. The Kier molecular flexibility index (Phi) is 8.33. The number of benzene rings is 12. The highest BCUT2D eigenvalue weighted by Gasteiger charge is 2.47. The Balaban J connectivity index is 0.924. The van der Waals surface area contributed by atoms with Crippen LogP contribution < -0.4 is 47.3 Å². The highest BCUT2D eigenvalue weighted by molar-refractivity contribution is 7.02. The van der Waals surface area contributed by atoms with Gasteiger partial charge in [0, 0.05) is 89.8 Å². The van der Waals surface area contributed by atoms with Gasteiger partial charge in [0.2, 0.25) is 0 Å². The summed E-state index contributed by atoms with van der Waals surface area (Å²) in [6.07, 6.45) is 0. The molecule has 0 N–H and O–H groups in total. The molecule has 4 aliphatic heterocycles. The first-order valence-corrected chi connectivity index (χ1v) is 27.7. The van der Waals surface area contributed by atoms with Crippen LogP contribution in [0.15, 0.2) is 261 Å². The normalized spacial score (nSPS) is 13.5. The lowest BCUT2D eigenvalue weighted by molar-refractivity contribution is 0.487. The molecule has 0 radical (unpaired) electrons. The molecule has 8 heteroatoms. The van der Waals surface area contributed by atoms with Crippen molar-refractivity contribution < 1.29 is 4.74 Å². The molecule has 0 fully saturated rings. The van der Waals surface area contributed by atoms with Crippen LogP contribution in [0.5, 0.6) is 11.5 Å². The zero-order valence-electron chi connectivity index (χ0n) is 43.1. The molecule has 0 spiro atoms. The van der Waals surface area contributed by atoms with E-state index in [0.29, 0.717) is 0 Å². The third-order valence-electron chi connectivity index (χ3n) is 18.0. The molecule has 0 saturated carbocycles. The van der Waals surface area contributed by atoms with E-state index in [1.165, 1.54) is 92.8 Å². The molecule has 6 nitrogen and oxygen atoms in total. The van der Waals surface area contributed by atoms with E-state index in [2.05, 4.69) is 284 Å². The maximum Gasteiger partial charge on any atom is 0.256 e. The molecule has 0 bridgehead atoms. The van der Waals surface area contributed by atoms with Crippen molar-refractivity contribution in [3.8, 4) is 28.6 Å². The van der Waals surface area contributed by atoms with Gasteiger partial charge < -0.3 is 28.2 Å². The molecule has 80 heavy (non-hydrogen) atoms. The van der Waals surface area contributed by atoms with Gasteiger partial charge in [-0.3, -0.25) is 0 Å². The summed E-state index contributed by atoms with van der Waals surface area (Å²) in [5, 5.41) is 7.44. The number of hydrogen-bond acceptors (Lipinski definition) is 3. The minimum atomic E-state index is -0.132. The van der Waals surface area contributed by atoms with Crippen LogP contribution in [0.4, 0.5) is 34.1 Å². The van der Waals surface area contributed by atoms with Gasteiger partial charge >= 0.3 is 0 Å². The topological polar surface area (TPSA) is 30.5 Å². The number of aromatic nitrogens is 3. The monoisotopic (exact) mass is 1020 g/mol. The quantitative estimate of drug-likeness (QED) is 0.165. The van der Waals surface area contributed by atoms with E-state index >= 15 is 0 Å². The predicted octanol–water partition coefficient (Wildman–Crippen LogP) is 14.0. The van der Waals surface area contributed by atoms with E-state index in [-0.39, 0.29) is 13.4 Å². The van der Waals surface area contributed by atoms with Crippen molar-refractivity contribution in [3.05, 3.63) is 261 Å². The summed E-state index contributed by atoms with van der Waals surface area (Å²) in [5.41, 5.74) is 24.6. The van der Waals surface area contributed by atoms with Crippen LogP contribution in [-0.2, 0) is 0 Å². The molecule has 19 rings (SSSR count). The summed E-state index contributed by atoms with van der Waals surface area (Å²) in [5.74, 6) is 1.72. The van der Waals surface area contributed by atoms with E-state index < -0.39 is 0 Å². The van der Waals surface area contributed by atoms with Crippen LogP contribution in [0.1, 0.15) is 0 Å². The van der Waals surface area contributed by atoms with E-state index in [1.807, 2.05) is 0 Å². The summed E-state index contributed by atoms with van der Waals surface area (Å²) >= 11 is 0. The Hall–Kier alpha value is -10.4. The van der Waals surface area contributed by atoms with Gasteiger partial charge in [0.1, 0.15) is 11.5 Å². The molecule has 4 aliphatic rings. The molecule has 0 aliphatic carbocycles. The summed E-state index contributed by atoms with van der Waals surface area (Å²) < 4.78 is 15.2. The minimum Gasteiger partial charge on any atom is -0.458 e. The molecular weight excluding hydrogens is 972 g/mol. The fraction of sp³-hybridized carbons (Fsp3) is 0. The van der Waals surface area contributed by atoms with Gasteiger partial charge in [-0.05, 0) is 112 Å². The molecule has 0 saturated heterocycles. The van der Waals surface area contributed by atoms with Gasteiger partial charge in [0.15, 0.2) is 0 Å². The lowest BCUT2D eigenvalue weighted by Crippen LogP contribution is -2.64. The standard InChI is InChI=1S/C72H43B2N5O/c1-3-20-44(21-4-1)75-63-37-18-12-30-54(63)73-57-42-56-64(43-68(57)80-69-41-47(40-67(75)71(69)73)78-60-34-15-9-26-50(60)51-27-10-16-35-61(51)78)76(45-22-5-2-6-23-45)65-38-46(77-58-32-13-7-24-48(58)49-25-8-14-33-59(49)77)39-66-70(65)74(56)55-31-19-29-53-52-28-11-17-36-62(52)79(66)72(53)55/h1-43H. The smallest absolute Gasteiger partial charge is 0.256 e. The van der Waals surface area contributed by atoms with Crippen LogP contribution in [0.2, 0.25) is 0 Å². The fourth-order valence-electron chi connectivity index (χ4n) is 14.9. The maximum atomic E-state index is 7.69. The van der Waals surface area contributed by atoms with Crippen molar-refractivity contribution in [1.29, 1.82) is 0 Å². The third-order valence-corrected chi connectivity index (χ3v) is 18.0. The van der Waals surface area contributed by atoms with Crippen LogP contribution in [0.3, 0.4) is 0 Å². The van der Waals surface area contributed by atoms with Crippen molar-refractivity contribution in [3.63, 3.8) is 0 Å². The molecule has 3 aromatic heterocycles. The molecule has 0 amide bonds. The average Bonchev–Trinajstić information content (AvgIpc) is 3.64. The first-order chi connectivity index (χ1) is 39.7. The van der Waals surface area contributed by atoms with Gasteiger partial charge in [-0.15, -0.1) is 0 Å². The molecule has 0 unspecified atom stereocenters. The Bertz CT molecular complexity index is 5110. The van der Waals surface area contributed by atoms with E-state index in [9.17, 15) is 0 Å². The number of rotatable bonds is 4. The molecule has 15 aromatic rings. The van der Waals surface area contributed by atoms with Crippen molar-refractivity contribution >= 4 is 146 Å². The van der Waals surface area contributed by atoms with Crippen LogP contribution in [0.25, 0.3) is 82.5 Å². The van der Waals surface area contributed by atoms with Crippen LogP contribution in [0, 0.1) is 0 Å². The van der Waals surface area contributed by atoms with Crippen molar-refractivity contribution in [1.82, 2.24) is 13.7 Å². The molecule has 368 valence electrons. The van der Waals surface area contributed by atoms with Crippen molar-refractivity contribution in [2.24, 2.45) is 0 Å². The maximum absolute atomic E-state index is 7.69. The SMILES string of the molecule is c1ccc(N2c3ccccc3B3c4cc5c(cc4Oc4cc(-n6c7ccccc7c7ccccc76)cc2c43)N(c2ccccc2)c2cc(-n3c4ccccc4c4ccccc43)cc3c2B5c2cccc4c5ccccc5n-3c24)cc1. The molecule has 7 heterocycles. The Labute approximate surface area is 460 Å². The van der Waals surface area contributed by atoms with Crippen molar-refractivity contribution in [2.45, 2.75) is 0 Å². The number of fused-ring (bicyclic) bond motifs is 17. The van der Waals surface area contributed by atoms with Gasteiger partial charge in [0.05, 0.1) is 39.0 Å². The van der Waals surface area contributed by atoms with E-state index in [4.69, 9.17) is 4.74 Å². The van der Waals surface area contributed by atoms with E-state index in [0.717, 1.165) is 68.0 Å². The second-order valence-electron chi connectivity index (χ2n) is 21.9. The highest BCUT2D eigenvalue weighted by atomic mass is 16.5. The first kappa shape index (κ1) is 42.7. The highest BCUT2D eigenvalue weighted by Crippen LogP contribution is 2.48. The Morgan fingerprint density at radius 1 is 0.250 bits per heavy atom. The number of hydrogen-bond donors (Lipinski definition) is 0. The zero-order valence-corrected chi connectivity index (χ0v) is 43.1. The number of anilines is 6. The third kappa shape index (κ3) is 5.49. The van der Waals surface area contributed by atoms with Crippen LogP contribution in [-0.4, -0.2) is 27.1 Å². The predicted molar refractivity (Wildman–Crippen MR) is 335 cm³/mol. The zero-order chi connectivity index (χ0) is 51.9. The molecular formula is C72H43B2N5O. The number of nitrogens with zero attached hydrogens (tertiary/aromatic N) is 5. The van der Waals surface area contributed by atoms with Gasteiger partial charge in [0.25, 0.3) is 13.4 Å². The number of para-hydroxylation sites is 9. The van der Waals surface area contributed by atoms with Gasteiger partial charge in [-0.25, -0.2) is 0 Å². The second kappa shape index (κ2) is 15.6. The molecule has 0 atom stereocenters. The fourth-order valence-corrected chi connectivity index (χ4v) is 14.9. The Morgan fingerprint density at radius 3 is 1.29 bits per heavy atom. The largest absolute Gasteiger partial charge is 0.458 e. The lowest BCUT2D eigenvalue weighted by Gasteiger charge is -2.43. The van der Waals surface area contributed by atoms with Crippen LogP contribution >= 0.6 is 0 Å². The van der Waals surface area contributed by atoms with Gasteiger partial charge in [-0.1, -0.05) is 170 Å². The van der Waals surface area contributed by atoms with Gasteiger partial charge in [-0.2, -0.15) is 0 Å². The molecule has 12 aromatic carbocycles. The number of ether oxygens (including phenoxy) is 1. The second-order valence-corrected chi connectivity index (χ2v) is 21.9. The summed E-state index contributed by atoms with van der Waals surface area (Å²) in [6.45, 7) is -0.238. The minimum absolute atomic E-state index is 0.105.